The van der Waals surface area contributed by atoms with Crippen LogP contribution in [-0.2, 0) is 6.54 Å². The van der Waals surface area contributed by atoms with E-state index in [0.717, 1.165) is 36.4 Å². The van der Waals surface area contributed by atoms with Crippen LogP contribution >= 0.6 is 0 Å². The Morgan fingerprint density at radius 3 is 2.61 bits per heavy atom. The minimum Gasteiger partial charge on any atom is -0.369 e. The summed E-state index contributed by atoms with van der Waals surface area (Å²) in [4.78, 5) is 11.4. The molecule has 1 aromatic heterocycles. The third-order valence-electron chi connectivity index (χ3n) is 4.25. The van der Waals surface area contributed by atoms with Gasteiger partial charge in [0.15, 0.2) is 0 Å². The van der Waals surface area contributed by atoms with Crippen LogP contribution in [0.2, 0.25) is 0 Å². The number of fused-ring (bicyclic) bond motifs is 1. The van der Waals surface area contributed by atoms with E-state index >= 15 is 0 Å². The van der Waals surface area contributed by atoms with Crippen molar-refractivity contribution in [2.45, 2.75) is 32.7 Å². The number of hydrogen-bond acceptors (Lipinski definition) is 4. The molecular formula is C14H22N4. The van der Waals surface area contributed by atoms with E-state index in [4.69, 9.17) is 0 Å². The molecule has 18 heavy (non-hydrogen) atoms. The molecular weight excluding hydrogens is 224 g/mol. The summed E-state index contributed by atoms with van der Waals surface area (Å²) in [7, 11) is 0. The van der Waals surface area contributed by atoms with E-state index in [1.807, 2.05) is 12.4 Å². The van der Waals surface area contributed by atoms with E-state index in [-0.39, 0.29) is 0 Å². The van der Waals surface area contributed by atoms with Crippen molar-refractivity contribution in [2.75, 3.05) is 25.0 Å². The van der Waals surface area contributed by atoms with Gasteiger partial charge in [0.1, 0.15) is 5.82 Å². The number of anilines is 1. The second kappa shape index (κ2) is 5.22. The van der Waals surface area contributed by atoms with Crippen molar-refractivity contribution < 1.29 is 0 Å². The molecule has 1 N–H and O–H groups in total. The lowest BCUT2D eigenvalue weighted by molar-refractivity contribution is 0.299. The van der Waals surface area contributed by atoms with E-state index < -0.39 is 0 Å². The Morgan fingerprint density at radius 2 is 2.00 bits per heavy atom. The quantitative estimate of drug-likeness (QED) is 0.883. The van der Waals surface area contributed by atoms with Gasteiger partial charge in [0.2, 0.25) is 0 Å². The Labute approximate surface area is 109 Å². The molecule has 1 aliphatic carbocycles. The van der Waals surface area contributed by atoms with Crippen LogP contribution in [0.3, 0.4) is 0 Å². The highest BCUT2D eigenvalue weighted by Crippen LogP contribution is 2.37. The fraction of sp³-hybridized carbons (Fsp3) is 0.714. The molecule has 2 aliphatic rings. The number of aromatic nitrogens is 2. The van der Waals surface area contributed by atoms with Crippen molar-refractivity contribution in [3.8, 4) is 0 Å². The van der Waals surface area contributed by atoms with Crippen LogP contribution in [0.5, 0.6) is 0 Å². The van der Waals surface area contributed by atoms with Crippen molar-refractivity contribution in [3.05, 3.63) is 18.1 Å². The first-order chi connectivity index (χ1) is 8.85. The average molecular weight is 246 g/mol. The summed E-state index contributed by atoms with van der Waals surface area (Å²) in [6, 6.07) is 0. The molecule has 0 aromatic carbocycles. The maximum atomic E-state index is 4.49. The van der Waals surface area contributed by atoms with Gasteiger partial charge in [-0.1, -0.05) is 6.42 Å². The zero-order valence-corrected chi connectivity index (χ0v) is 11.1. The van der Waals surface area contributed by atoms with Gasteiger partial charge in [-0.3, -0.25) is 9.88 Å². The standard InChI is InChI=1S/C14H22N4/c1-2-15-14-7-16-13(6-17-14)10-18-8-11-4-3-5-12(11)9-18/h6-7,11-12H,2-5,8-10H2,1H3,(H,15,17). The molecule has 3 rings (SSSR count). The van der Waals surface area contributed by atoms with Crippen molar-refractivity contribution in [1.29, 1.82) is 0 Å². The molecule has 98 valence electrons. The number of rotatable bonds is 4. The van der Waals surface area contributed by atoms with E-state index in [1.54, 1.807) is 0 Å². The second-order valence-corrected chi connectivity index (χ2v) is 5.57. The van der Waals surface area contributed by atoms with Crippen LogP contribution in [0.25, 0.3) is 0 Å². The summed E-state index contributed by atoms with van der Waals surface area (Å²) in [5.74, 6) is 2.79. The summed E-state index contributed by atoms with van der Waals surface area (Å²) in [6.45, 7) is 6.46. The molecule has 0 bridgehead atoms. The van der Waals surface area contributed by atoms with E-state index in [1.165, 1.54) is 32.4 Å². The number of hydrogen-bond donors (Lipinski definition) is 1. The summed E-state index contributed by atoms with van der Waals surface area (Å²) in [5, 5.41) is 3.17. The van der Waals surface area contributed by atoms with Gasteiger partial charge in [0, 0.05) is 26.2 Å². The van der Waals surface area contributed by atoms with Crippen molar-refractivity contribution in [2.24, 2.45) is 11.8 Å². The monoisotopic (exact) mass is 246 g/mol. The van der Waals surface area contributed by atoms with Crippen molar-refractivity contribution in [3.63, 3.8) is 0 Å². The number of nitrogens with one attached hydrogen (secondary N) is 1. The molecule has 1 aliphatic heterocycles. The Balaban J connectivity index is 1.56. The first-order valence-corrected chi connectivity index (χ1v) is 7.12. The van der Waals surface area contributed by atoms with Crippen LogP contribution in [-0.4, -0.2) is 34.5 Å². The molecule has 4 heteroatoms. The summed E-state index contributed by atoms with van der Waals surface area (Å²) in [6.07, 6.45) is 8.07. The van der Waals surface area contributed by atoms with Crippen LogP contribution in [0.15, 0.2) is 12.4 Å². The second-order valence-electron chi connectivity index (χ2n) is 5.57. The van der Waals surface area contributed by atoms with E-state index in [0.29, 0.717) is 0 Å². The average Bonchev–Trinajstić information content (AvgIpc) is 2.92. The summed E-state index contributed by atoms with van der Waals surface area (Å²) < 4.78 is 0. The third-order valence-corrected chi connectivity index (χ3v) is 4.25. The van der Waals surface area contributed by atoms with Gasteiger partial charge in [0.05, 0.1) is 18.1 Å². The van der Waals surface area contributed by atoms with Crippen LogP contribution < -0.4 is 5.32 Å². The summed E-state index contributed by atoms with van der Waals surface area (Å²) >= 11 is 0. The van der Waals surface area contributed by atoms with E-state index in [2.05, 4.69) is 27.1 Å². The Morgan fingerprint density at radius 1 is 1.22 bits per heavy atom. The highest BCUT2D eigenvalue weighted by atomic mass is 15.2. The maximum absolute atomic E-state index is 4.49. The Hall–Kier alpha value is -1.16. The van der Waals surface area contributed by atoms with Crippen LogP contribution in [0.1, 0.15) is 31.9 Å². The third kappa shape index (κ3) is 2.48. The van der Waals surface area contributed by atoms with Gasteiger partial charge < -0.3 is 5.32 Å². The minimum absolute atomic E-state index is 0.875. The Kier molecular flexibility index (Phi) is 3.46. The predicted molar refractivity (Wildman–Crippen MR) is 72.3 cm³/mol. The highest BCUT2D eigenvalue weighted by molar-refractivity contribution is 5.30. The fourth-order valence-electron chi connectivity index (χ4n) is 3.40. The largest absolute Gasteiger partial charge is 0.369 e. The normalized spacial score (nSPS) is 27.4. The highest BCUT2D eigenvalue weighted by Gasteiger charge is 2.35. The van der Waals surface area contributed by atoms with E-state index in [9.17, 15) is 0 Å². The number of likely N-dealkylation sites (tertiary alicyclic amines) is 1. The topological polar surface area (TPSA) is 41.1 Å². The van der Waals surface area contributed by atoms with Crippen molar-refractivity contribution >= 4 is 5.82 Å². The molecule has 0 spiro atoms. The van der Waals surface area contributed by atoms with Crippen molar-refractivity contribution in [1.82, 2.24) is 14.9 Å². The van der Waals surface area contributed by atoms with Gasteiger partial charge in [-0.25, -0.2) is 4.98 Å². The molecule has 1 saturated heterocycles. The van der Waals surface area contributed by atoms with Crippen LogP contribution in [0, 0.1) is 11.8 Å². The first-order valence-electron chi connectivity index (χ1n) is 7.12. The molecule has 2 fully saturated rings. The predicted octanol–water partition coefficient (Wildman–Crippen LogP) is 2.14. The molecule has 2 atom stereocenters. The molecule has 0 amide bonds. The molecule has 0 radical (unpaired) electrons. The zero-order valence-electron chi connectivity index (χ0n) is 11.1. The van der Waals surface area contributed by atoms with Gasteiger partial charge >= 0.3 is 0 Å². The lowest BCUT2D eigenvalue weighted by atomic mass is 10.0. The molecule has 1 saturated carbocycles. The smallest absolute Gasteiger partial charge is 0.144 e. The SMILES string of the molecule is CCNc1cnc(CN2CC3CCCC3C2)cn1. The summed E-state index contributed by atoms with van der Waals surface area (Å²) in [5.41, 5.74) is 1.09. The first kappa shape index (κ1) is 11.9. The van der Waals surface area contributed by atoms with Crippen LogP contribution in [0.4, 0.5) is 5.82 Å². The lowest BCUT2D eigenvalue weighted by Crippen LogP contribution is -2.21. The molecule has 2 unspecified atom stereocenters. The van der Waals surface area contributed by atoms with Gasteiger partial charge in [-0.05, 0) is 31.6 Å². The zero-order chi connectivity index (χ0) is 12.4. The molecule has 2 heterocycles. The fourth-order valence-corrected chi connectivity index (χ4v) is 3.40. The van der Waals surface area contributed by atoms with Gasteiger partial charge in [-0.15, -0.1) is 0 Å². The van der Waals surface area contributed by atoms with Gasteiger partial charge in [0.25, 0.3) is 0 Å². The van der Waals surface area contributed by atoms with Gasteiger partial charge in [-0.2, -0.15) is 0 Å². The minimum atomic E-state index is 0.875. The Bertz CT molecular complexity index is 377. The lowest BCUT2D eigenvalue weighted by Gasteiger charge is -2.15. The molecule has 1 aromatic rings. The number of nitrogens with zero attached hydrogens (tertiary/aromatic N) is 3. The maximum Gasteiger partial charge on any atom is 0.144 e. The molecule has 4 nitrogen and oxygen atoms in total.